The Balaban J connectivity index is 1.40. The van der Waals surface area contributed by atoms with E-state index in [1.807, 2.05) is 66.7 Å². The second-order valence-electron chi connectivity index (χ2n) is 9.29. The summed E-state index contributed by atoms with van der Waals surface area (Å²) in [5.41, 5.74) is 2.33. The molecule has 0 bridgehead atoms. The van der Waals surface area contributed by atoms with Crippen LogP contribution in [0.1, 0.15) is 29.3 Å². The number of ether oxygens (including phenoxy) is 3. The van der Waals surface area contributed by atoms with Gasteiger partial charge in [0.15, 0.2) is 5.78 Å². The van der Waals surface area contributed by atoms with E-state index in [-0.39, 0.29) is 5.78 Å². The molecule has 5 nitrogen and oxygen atoms in total. The number of thiophene rings is 1. The fourth-order valence-electron chi connectivity index (χ4n) is 4.74. The number of likely N-dealkylation sites (tertiary alicyclic amines) is 1. The number of methoxy groups -OCH3 is 2. The molecule has 1 aromatic heterocycles. The quantitative estimate of drug-likeness (QED) is 0.244. The minimum atomic E-state index is -0.00478. The minimum Gasteiger partial charge on any atom is -0.497 e. The molecule has 0 spiro atoms. The van der Waals surface area contributed by atoms with Gasteiger partial charge in [0.2, 0.25) is 0 Å². The molecule has 36 heavy (non-hydrogen) atoms. The molecular formula is C30H31NO4S. The van der Waals surface area contributed by atoms with E-state index in [0.29, 0.717) is 17.7 Å². The van der Waals surface area contributed by atoms with Gasteiger partial charge in [0, 0.05) is 39.2 Å². The van der Waals surface area contributed by atoms with Gasteiger partial charge in [0.1, 0.15) is 23.9 Å². The van der Waals surface area contributed by atoms with Crippen LogP contribution < -0.4 is 14.2 Å². The van der Waals surface area contributed by atoms with Crippen LogP contribution in [0.5, 0.6) is 17.2 Å². The van der Waals surface area contributed by atoms with Crippen LogP contribution >= 0.6 is 11.3 Å². The van der Waals surface area contributed by atoms with Gasteiger partial charge in [-0.15, -0.1) is 11.3 Å². The number of hydrogen-bond acceptors (Lipinski definition) is 6. The zero-order valence-corrected chi connectivity index (χ0v) is 21.8. The van der Waals surface area contributed by atoms with E-state index >= 15 is 0 Å². The lowest BCUT2D eigenvalue weighted by Gasteiger charge is -2.15. The van der Waals surface area contributed by atoms with Crippen molar-refractivity contribution in [3.05, 3.63) is 77.9 Å². The molecule has 2 heterocycles. The highest BCUT2D eigenvalue weighted by Gasteiger charge is 2.22. The summed E-state index contributed by atoms with van der Waals surface area (Å²) in [5.74, 6) is 3.11. The summed E-state index contributed by atoms with van der Waals surface area (Å²) in [6.07, 6.45) is 1.26. The van der Waals surface area contributed by atoms with Gasteiger partial charge in [-0.1, -0.05) is 6.92 Å². The molecular weight excluding hydrogens is 470 g/mol. The highest BCUT2D eigenvalue weighted by atomic mass is 32.1. The van der Waals surface area contributed by atoms with Gasteiger partial charge in [-0.25, -0.2) is 0 Å². The Morgan fingerprint density at radius 1 is 0.944 bits per heavy atom. The first-order valence-corrected chi connectivity index (χ1v) is 13.1. The molecule has 1 aliphatic heterocycles. The van der Waals surface area contributed by atoms with E-state index in [2.05, 4.69) is 11.8 Å². The maximum Gasteiger partial charge on any atom is 0.195 e. The van der Waals surface area contributed by atoms with Crippen LogP contribution in [0.3, 0.4) is 0 Å². The lowest BCUT2D eigenvalue weighted by atomic mass is 9.97. The number of rotatable bonds is 9. The Kier molecular flexibility index (Phi) is 7.25. The monoisotopic (exact) mass is 501 g/mol. The predicted octanol–water partition coefficient (Wildman–Crippen LogP) is 6.54. The van der Waals surface area contributed by atoms with Crippen molar-refractivity contribution < 1.29 is 19.0 Å². The molecule has 1 atom stereocenters. The average Bonchev–Trinajstić information content (AvgIpc) is 3.51. The third kappa shape index (κ3) is 5.11. The fourth-order valence-corrected chi connectivity index (χ4v) is 5.98. The van der Waals surface area contributed by atoms with E-state index in [9.17, 15) is 4.79 Å². The van der Waals surface area contributed by atoms with Crippen molar-refractivity contribution in [1.82, 2.24) is 4.90 Å². The summed E-state index contributed by atoms with van der Waals surface area (Å²) in [6, 6.07) is 21.2. The van der Waals surface area contributed by atoms with Gasteiger partial charge >= 0.3 is 0 Å². The summed E-state index contributed by atoms with van der Waals surface area (Å²) >= 11 is 1.60. The van der Waals surface area contributed by atoms with Crippen molar-refractivity contribution in [3.63, 3.8) is 0 Å². The van der Waals surface area contributed by atoms with E-state index in [4.69, 9.17) is 14.2 Å². The lowest BCUT2D eigenvalue weighted by molar-refractivity contribution is 0.104. The smallest absolute Gasteiger partial charge is 0.195 e. The van der Waals surface area contributed by atoms with Gasteiger partial charge < -0.3 is 14.2 Å². The first-order valence-electron chi connectivity index (χ1n) is 12.3. The molecule has 0 amide bonds. The van der Waals surface area contributed by atoms with Crippen LogP contribution in [-0.2, 0) is 0 Å². The van der Waals surface area contributed by atoms with Crippen molar-refractivity contribution >= 4 is 27.2 Å². The van der Waals surface area contributed by atoms with Crippen molar-refractivity contribution in [2.45, 2.75) is 13.3 Å². The normalized spacial score (nSPS) is 15.8. The van der Waals surface area contributed by atoms with Gasteiger partial charge in [0.05, 0.1) is 14.2 Å². The van der Waals surface area contributed by atoms with Crippen molar-refractivity contribution in [2.75, 3.05) is 40.5 Å². The Morgan fingerprint density at radius 3 is 2.31 bits per heavy atom. The summed E-state index contributed by atoms with van der Waals surface area (Å²) in [5, 5.41) is 0.928. The van der Waals surface area contributed by atoms with Gasteiger partial charge in [-0.3, -0.25) is 9.69 Å². The summed E-state index contributed by atoms with van der Waals surface area (Å²) < 4.78 is 17.7. The lowest BCUT2D eigenvalue weighted by Crippen LogP contribution is -2.25. The van der Waals surface area contributed by atoms with E-state index in [1.165, 1.54) is 6.42 Å². The number of ketones is 1. The SMILES string of the molecule is COc1ccc(-c2sc3cc(OC)ccc3c2C(=O)c2ccc(OCCN3CC[C@H](C)C3)cc2)cc1. The molecule has 5 rings (SSSR count). The maximum atomic E-state index is 13.8. The molecule has 0 unspecified atom stereocenters. The molecule has 6 heteroatoms. The zero-order chi connectivity index (χ0) is 25.1. The highest BCUT2D eigenvalue weighted by Crippen LogP contribution is 2.41. The number of benzene rings is 3. The first-order chi connectivity index (χ1) is 17.6. The number of nitrogens with zero attached hydrogens (tertiary/aromatic N) is 1. The first kappa shape index (κ1) is 24.3. The van der Waals surface area contributed by atoms with Crippen molar-refractivity contribution in [1.29, 1.82) is 0 Å². The van der Waals surface area contributed by atoms with Crippen molar-refractivity contribution in [3.8, 4) is 27.7 Å². The van der Waals surface area contributed by atoms with E-state index in [1.54, 1.807) is 25.6 Å². The average molecular weight is 502 g/mol. The largest absolute Gasteiger partial charge is 0.497 e. The van der Waals surface area contributed by atoms with E-state index in [0.717, 1.165) is 63.3 Å². The molecule has 186 valence electrons. The Hall–Kier alpha value is -3.35. The van der Waals surface area contributed by atoms with E-state index < -0.39 is 0 Å². The van der Waals surface area contributed by atoms with Crippen LogP contribution in [0.2, 0.25) is 0 Å². The fraction of sp³-hybridized carbons (Fsp3) is 0.300. The van der Waals surface area contributed by atoms with Crippen LogP contribution in [0, 0.1) is 5.92 Å². The molecule has 1 saturated heterocycles. The Labute approximate surface area is 216 Å². The highest BCUT2D eigenvalue weighted by molar-refractivity contribution is 7.22. The molecule has 0 radical (unpaired) electrons. The predicted molar refractivity (Wildman–Crippen MR) is 146 cm³/mol. The topological polar surface area (TPSA) is 48.0 Å². The molecule has 0 saturated carbocycles. The molecule has 4 aromatic rings. The third-order valence-electron chi connectivity index (χ3n) is 6.78. The Morgan fingerprint density at radius 2 is 1.64 bits per heavy atom. The molecule has 3 aromatic carbocycles. The maximum absolute atomic E-state index is 13.8. The Bertz CT molecular complexity index is 1340. The van der Waals surface area contributed by atoms with Crippen LogP contribution in [0.25, 0.3) is 20.5 Å². The summed E-state index contributed by atoms with van der Waals surface area (Å²) in [4.78, 5) is 17.2. The van der Waals surface area contributed by atoms with Crippen molar-refractivity contribution in [2.24, 2.45) is 5.92 Å². The second-order valence-corrected chi connectivity index (χ2v) is 10.3. The van der Waals surface area contributed by atoms with Crippen LogP contribution in [0.15, 0.2) is 66.7 Å². The zero-order valence-electron chi connectivity index (χ0n) is 21.0. The second kappa shape index (κ2) is 10.7. The summed E-state index contributed by atoms with van der Waals surface area (Å²) in [6.45, 7) is 6.17. The standard InChI is InChI=1S/C30H31NO4S/c1-20-14-15-31(19-20)16-17-35-24-10-4-21(5-11-24)29(32)28-26-13-12-25(34-3)18-27(26)36-30(28)22-6-8-23(33-2)9-7-22/h4-13,18,20H,14-17,19H2,1-3H3/t20-/m0/s1. The number of fused-ring (bicyclic) bond motifs is 1. The molecule has 0 N–H and O–H groups in total. The minimum absolute atomic E-state index is 0.00478. The summed E-state index contributed by atoms with van der Waals surface area (Å²) in [7, 11) is 3.30. The van der Waals surface area contributed by atoms with Gasteiger partial charge in [-0.2, -0.15) is 0 Å². The van der Waals surface area contributed by atoms with Gasteiger partial charge in [0.25, 0.3) is 0 Å². The van der Waals surface area contributed by atoms with Crippen LogP contribution in [0.4, 0.5) is 0 Å². The molecule has 0 aliphatic carbocycles. The third-order valence-corrected chi connectivity index (χ3v) is 7.98. The van der Waals surface area contributed by atoms with Crippen LogP contribution in [-0.4, -0.2) is 51.1 Å². The number of carbonyl (C=O) groups is 1. The molecule has 1 aliphatic rings. The molecule has 1 fully saturated rings. The number of carbonyl (C=O) groups excluding carboxylic acids is 1. The van der Waals surface area contributed by atoms with Gasteiger partial charge in [-0.05, 0) is 91.2 Å². The number of hydrogen-bond donors (Lipinski definition) is 0.